The van der Waals surface area contributed by atoms with Gasteiger partial charge in [-0.25, -0.2) is 0 Å². The zero-order valence-corrected chi connectivity index (χ0v) is 14.5. The fraction of sp³-hybridized carbons (Fsp3) is 0.294. The highest BCUT2D eigenvalue weighted by molar-refractivity contribution is 9.10. The molecule has 0 amide bonds. The first-order chi connectivity index (χ1) is 9.61. The number of rotatable bonds is 5. The fourth-order valence-corrected chi connectivity index (χ4v) is 3.32. The summed E-state index contributed by atoms with van der Waals surface area (Å²) in [7, 11) is 0. The zero-order chi connectivity index (χ0) is 14.5. The summed E-state index contributed by atoms with van der Waals surface area (Å²) < 4.78 is 1.16. The Morgan fingerprint density at radius 2 is 1.60 bits per heavy atom. The van der Waals surface area contributed by atoms with Crippen LogP contribution in [0.15, 0.2) is 57.9 Å². The molecule has 0 aromatic heterocycles. The van der Waals surface area contributed by atoms with Crippen molar-refractivity contribution in [3.05, 3.63) is 64.1 Å². The molecule has 1 N–H and O–H groups in total. The Balaban J connectivity index is 2.06. The molecule has 1 unspecified atom stereocenters. The van der Waals surface area contributed by atoms with Gasteiger partial charge in [0.15, 0.2) is 0 Å². The van der Waals surface area contributed by atoms with Gasteiger partial charge in [-0.05, 0) is 49.4 Å². The normalized spacial score (nSPS) is 14.0. The Labute approximate surface area is 134 Å². The van der Waals surface area contributed by atoms with Gasteiger partial charge in [0.05, 0.1) is 0 Å². The van der Waals surface area contributed by atoms with Crippen LogP contribution in [-0.2, 0) is 0 Å². The van der Waals surface area contributed by atoms with E-state index in [1.54, 1.807) is 11.8 Å². The Morgan fingerprint density at radius 1 is 0.950 bits per heavy atom. The number of hydrogen-bond donors (Lipinski definition) is 1. The first-order valence-electron chi connectivity index (χ1n) is 6.76. The van der Waals surface area contributed by atoms with E-state index in [0.29, 0.717) is 12.1 Å². The van der Waals surface area contributed by atoms with Gasteiger partial charge in [-0.2, -0.15) is 0 Å². The van der Waals surface area contributed by atoms with Crippen LogP contribution < -0.4 is 5.32 Å². The first kappa shape index (κ1) is 15.6. The maximum absolute atomic E-state index is 3.65. The van der Waals surface area contributed by atoms with E-state index in [1.165, 1.54) is 16.0 Å². The summed E-state index contributed by atoms with van der Waals surface area (Å²) in [6.07, 6.45) is 2.10. The number of thioether (sulfide) groups is 1. The van der Waals surface area contributed by atoms with Crippen molar-refractivity contribution >= 4 is 27.7 Å². The Hall–Kier alpha value is -0.770. The van der Waals surface area contributed by atoms with E-state index in [2.05, 4.69) is 83.8 Å². The minimum Gasteiger partial charge on any atom is -0.304 e. The summed E-state index contributed by atoms with van der Waals surface area (Å²) in [5, 5.41) is 3.65. The summed E-state index contributed by atoms with van der Waals surface area (Å²) in [4.78, 5) is 1.31. The molecule has 0 bridgehead atoms. The number of benzene rings is 2. The molecule has 2 atom stereocenters. The molecular formula is C17H20BrNS. The Kier molecular flexibility index (Phi) is 5.70. The lowest BCUT2D eigenvalue weighted by molar-refractivity contribution is 0.493. The van der Waals surface area contributed by atoms with Crippen LogP contribution >= 0.6 is 27.7 Å². The lowest BCUT2D eigenvalue weighted by Crippen LogP contribution is -2.22. The van der Waals surface area contributed by atoms with Crippen molar-refractivity contribution in [1.29, 1.82) is 0 Å². The van der Waals surface area contributed by atoms with E-state index in [4.69, 9.17) is 0 Å². The average molecular weight is 350 g/mol. The van der Waals surface area contributed by atoms with Crippen LogP contribution in [0.3, 0.4) is 0 Å². The second-order valence-corrected chi connectivity index (χ2v) is 6.64. The summed E-state index contributed by atoms with van der Waals surface area (Å²) in [5.74, 6) is 0. The molecule has 2 rings (SSSR count). The monoisotopic (exact) mass is 349 g/mol. The smallest absolute Gasteiger partial charge is 0.0308 e. The molecule has 0 aliphatic carbocycles. The van der Waals surface area contributed by atoms with Crippen molar-refractivity contribution in [2.24, 2.45) is 0 Å². The average Bonchev–Trinajstić information content (AvgIpc) is 2.47. The van der Waals surface area contributed by atoms with Crippen LogP contribution in [0.25, 0.3) is 0 Å². The van der Waals surface area contributed by atoms with Crippen molar-refractivity contribution in [2.75, 3.05) is 6.26 Å². The highest BCUT2D eigenvalue weighted by atomic mass is 79.9. The van der Waals surface area contributed by atoms with Crippen molar-refractivity contribution in [3.8, 4) is 0 Å². The molecule has 0 aliphatic rings. The maximum Gasteiger partial charge on any atom is 0.0308 e. The molecule has 0 saturated heterocycles. The molecule has 0 spiro atoms. The van der Waals surface area contributed by atoms with Crippen LogP contribution in [0.2, 0.25) is 0 Å². The van der Waals surface area contributed by atoms with E-state index < -0.39 is 0 Å². The Morgan fingerprint density at radius 3 is 2.20 bits per heavy atom. The van der Waals surface area contributed by atoms with Crippen molar-refractivity contribution in [1.82, 2.24) is 5.32 Å². The van der Waals surface area contributed by atoms with E-state index in [-0.39, 0.29) is 0 Å². The van der Waals surface area contributed by atoms with Crippen molar-refractivity contribution < 1.29 is 0 Å². The van der Waals surface area contributed by atoms with E-state index >= 15 is 0 Å². The molecule has 0 fully saturated rings. The number of nitrogens with one attached hydrogen (secondary N) is 1. The molecule has 20 heavy (non-hydrogen) atoms. The third-order valence-electron chi connectivity index (χ3n) is 3.49. The molecular weight excluding hydrogens is 330 g/mol. The molecule has 0 radical (unpaired) electrons. The van der Waals surface area contributed by atoms with Crippen LogP contribution in [0.4, 0.5) is 0 Å². The highest BCUT2D eigenvalue weighted by Gasteiger charge is 2.13. The molecule has 1 nitrogen and oxygen atoms in total. The van der Waals surface area contributed by atoms with E-state index in [0.717, 1.165) is 4.47 Å². The van der Waals surface area contributed by atoms with Gasteiger partial charge < -0.3 is 5.32 Å². The van der Waals surface area contributed by atoms with Crippen molar-refractivity contribution in [3.63, 3.8) is 0 Å². The molecule has 2 aromatic carbocycles. The van der Waals surface area contributed by atoms with Gasteiger partial charge in [-0.3, -0.25) is 0 Å². The molecule has 106 valence electrons. The minimum atomic E-state index is 0.306. The van der Waals surface area contributed by atoms with Crippen molar-refractivity contribution in [2.45, 2.75) is 30.8 Å². The third-order valence-corrected chi connectivity index (χ3v) is 4.95. The molecule has 3 heteroatoms. The lowest BCUT2D eigenvalue weighted by Gasteiger charge is -2.22. The molecule has 0 heterocycles. The van der Waals surface area contributed by atoms with Crippen LogP contribution in [0.5, 0.6) is 0 Å². The fourth-order valence-electron chi connectivity index (χ4n) is 2.28. The van der Waals surface area contributed by atoms with Gasteiger partial charge in [0.2, 0.25) is 0 Å². The number of hydrogen-bond acceptors (Lipinski definition) is 2. The topological polar surface area (TPSA) is 12.0 Å². The zero-order valence-electron chi connectivity index (χ0n) is 12.1. The van der Waals surface area contributed by atoms with Crippen LogP contribution in [0.1, 0.15) is 37.1 Å². The molecule has 0 saturated carbocycles. The highest BCUT2D eigenvalue weighted by Crippen LogP contribution is 2.26. The minimum absolute atomic E-state index is 0.306. The quantitative estimate of drug-likeness (QED) is 0.706. The second kappa shape index (κ2) is 7.30. The lowest BCUT2D eigenvalue weighted by atomic mass is 10.0. The van der Waals surface area contributed by atoms with Gasteiger partial charge in [0.1, 0.15) is 0 Å². The summed E-state index contributed by atoms with van der Waals surface area (Å²) in [5.41, 5.74) is 2.61. The summed E-state index contributed by atoms with van der Waals surface area (Å²) >= 11 is 5.39. The van der Waals surface area contributed by atoms with Gasteiger partial charge in [-0.1, -0.05) is 46.3 Å². The second-order valence-electron chi connectivity index (χ2n) is 4.90. The first-order valence-corrected chi connectivity index (χ1v) is 8.78. The maximum atomic E-state index is 3.65. The predicted octanol–water partition coefficient (Wildman–Crippen LogP) is 5.58. The third kappa shape index (κ3) is 3.87. The Bertz CT molecular complexity index is 553. The molecule has 2 aromatic rings. The van der Waals surface area contributed by atoms with E-state index in [1.807, 2.05) is 6.07 Å². The SMILES string of the molecule is CSc1ccc(C(C)N[C@H](C)c2ccccc2Br)cc1. The largest absolute Gasteiger partial charge is 0.304 e. The van der Waals surface area contributed by atoms with Crippen LogP contribution in [-0.4, -0.2) is 6.26 Å². The van der Waals surface area contributed by atoms with E-state index in [9.17, 15) is 0 Å². The summed E-state index contributed by atoms with van der Waals surface area (Å²) in [6, 6.07) is 17.8. The van der Waals surface area contributed by atoms with Gasteiger partial charge in [0.25, 0.3) is 0 Å². The predicted molar refractivity (Wildman–Crippen MR) is 92.3 cm³/mol. The van der Waals surface area contributed by atoms with Crippen LogP contribution in [0, 0.1) is 0 Å². The van der Waals surface area contributed by atoms with Gasteiger partial charge >= 0.3 is 0 Å². The number of halogens is 1. The molecule has 0 aliphatic heterocycles. The summed E-state index contributed by atoms with van der Waals surface area (Å²) in [6.45, 7) is 4.41. The van der Waals surface area contributed by atoms with Gasteiger partial charge in [0, 0.05) is 21.5 Å². The van der Waals surface area contributed by atoms with Gasteiger partial charge in [-0.15, -0.1) is 11.8 Å². The standard InChI is InChI=1S/C17H20BrNS/c1-12(14-8-10-15(20-3)11-9-14)19-13(2)16-6-4-5-7-17(16)18/h4-13,19H,1-3H3/t12?,13-/m1/s1.